The van der Waals surface area contributed by atoms with E-state index in [1.807, 2.05) is 25.1 Å². The van der Waals surface area contributed by atoms with E-state index in [4.69, 9.17) is 9.47 Å². The van der Waals surface area contributed by atoms with E-state index < -0.39 is 0 Å². The van der Waals surface area contributed by atoms with Crippen LogP contribution >= 0.6 is 0 Å². The summed E-state index contributed by atoms with van der Waals surface area (Å²) in [7, 11) is 0. The van der Waals surface area contributed by atoms with Gasteiger partial charge in [0.05, 0.1) is 18.9 Å². The number of imidazole rings is 1. The Hall–Kier alpha value is -2.17. The number of hydrogen-bond acceptors (Lipinski definition) is 3. The molecule has 0 spiro atoms. The average molecular weight is 246 g/mol. The quantitative estimate of drug-likeness (QED) is 0.806. The summed E-state index contributed by atoms with van der Waals surface area (Å²) in [5, 5.41) is 0. The highest BCUT2D eigenvalue weighted by Gasteiger charge is 2.13. The van der Waals surface area contributed by atoms with Crippen molar-refractivity contribution < 1.29 is 9.47 Å². The summed E-state index contributed by atoms with van der Waals surface area (Å²) >= 11 is 0. The van der Waals surface area contributed by atoms with E-state index in [1.165, 1.54) is 0 Å². The Morgan fingerprint density at radius 1 is 1.11 bits per heavy atom. The maximum atomic E-state index is 11.3. The highest BCUT2D eigenvalue weighted by atomic mass is 16.5. The van der Waals surface area contributed by atoms with Crippen molar-refractivity contribution in [2.45, 2.75) is 13.3 Å². The molecule has 0 atom stereocenters. The molecule has 0 aliphatic carbocycles. The first-order chi connectivity index (χ1) is 8.74. The van der Waals surface area contributed by atoms with Gasteiger partial charge in [-0.05, 0) is 25.1 Å². The van der Waals surface area contributed by atoms with Crippen LogP contribution in [-0.2, 0) is 0 Å². The van der Waals surface area contributed by atoms with E-state index in [9.17, 15) is 4.79 Å². The smallest absolute Gasteiger partial charge is 0.323 e. The van der Waals surface area contributed by atoms with E-state index in [1.54, 1.807) is 0 Å². The van der Waals surface area contributed by atoms with Gasteiger partial charge < -0.3 is 19.4 Å². The van der Waals surface area contributed by atoms with Crippen molar-refractivity contribution in [3.8, 4) is 22.8 Å². The van der Waals surface area contributed by atoms with E-state index in [-0.39, 0.29) is 5.69 Å². The molecule has 0 unspecified atom stereocenters. The molecule has 0 amide bonds. The number of rotatable bonds is 1. The molecule has 94 valence electrons. The van der Waals surface area contributed by atoms with Gasteiger partial charge in [0.2, 0.25) is 0 Å². The number of H-pyrrole nitrogens is 2. The third kappa shape index (κ3) is 1.88. The SMILES string of the molecule is Cc1[nH]c(=O)[nH]c1-c1ccc2c(c1)OCCCO2. The fourth-order valence-electron chi connectivity index (χ4n) is 2.08. The van der Waals surface area contributed by atoms with Crippen molar-refractivity contribution >= 4 is 0 Å². The molecule has 2 aromatic rings. The molecule has 0 radical (unpaired) electrons. The number of aryl methyl sites for hydroxylation is 1. The van der Waals surface area contributed by atoms with Gasteiger partial charge in [-0.3, -0.25) is 0 Å². The summed E-state index contributed by atoms with van der Waals surface area (Å²) < 4.78 is 11.2. The summed E-state index contributed by atoms with van der Waals surface area (Å²) in [5.74, 6) is 1.48. The van der Waals surface area contributed by atoms with E-state index in [0.717, 1.165) is 34.9 Å². The third-order valence-electron chi connectivity index (χ3n) is 2.95. The van der Waals surface area contributed by atoms with Gasteiger partial charge in [-0.1, -0.05) is 0 Å². The van der Waals surface area contributed by atoms with Crippen molar-refractivity contribution in [1.29, 1.82) is 0 Å². The zero-order valence-electron chi connectivity index (χ0n) is 10.1. The minimum absolute atomic E-state index is 0.199. The number of fused-ring (bicyclic) bond motifs is 1. The Bertz CT molecular complexity index is 627. The minimum Gasteiger partial charge on any atom is -0.490 e. The molecule has 3 rings (SSSR count). The number of aromatic nitrogens is 2. The van der Waals surface area contributed by atoms with Gasteiger partial charge in [0.1, 0.15) is 0 Å². The largest absolute Gasteiger partial charge is 0.490 e. The lowest BCUT2D eigenvalue weighted by molar-refractivity contribution is 0.297. The number of aromatic amines is 2. The van der Waals surface area contributed by atoms with Gasteiger partial charge in [0, 0.05) is 17.7 Å². The highest BCUT2D eigenvalue weighted by Crippen LogP contribution is 2.33. The first kappa shape index (κ1) is 11.0. The molecule has 0 saturated carbocycles. The minimum atomic E-state index is -0.199. The molecule has 1 aliphatic rings. The number of nitrogens with one attached hydrogen (secondary N) is 2. The Kier molecular flexibility index (Phi) is 2.59. The molecule has 5 nitrogen and oxygen atoms in total. The van der Waals surface area contributed by atoms with Gasteiger partial charge in [0.15, 0.2) is 11.5 Å². The van der Waals surface area contributed by atoms with Crippen LogP contribution in [0, 0.1) is 6.92 Å². The van der Waals surface area contributed by atoms with E-state index in [0.29, 0.717) is 13.2 Å². The lowest BCUT2D eigenvalue weighted by Crippen LogP contribution is -2.00. The molecular formula is C13H14N2O3. The predicted octanol–water partition coefficient (Wildman–Crippen LogP) is 1.84. The van der Waals surface area contributed by atoms with Crippen LogP contribution in [0.3, 0.4) is 0 Å². The third-order valence-corrected chi connectivity index (χ3v) is 2.95. The highest BCUT2D eigenvalue weighted by molar-refractivity contribution is 5.65. The van der Waals surface area contributed by atoms with Crippen molar-refractivity contribution in [3.63, 3.8) is 0 Å². The van der Waals surface area contributed by atoms with Crippen LogP contribution in [-0.4, -0.2) is 23.2 Å². The van der Waals surface area contributed by atoms with Crippen LogP contribution in [0.25, 0.3) is 11.3 Å². The summed E-state index contributed by atoms with van der Waals surface area (Å²) in [4.78, 5) is 16.8. The fourth-order valence-corrected chi connectivity index (χ4v) is 2.08. The molecule has 2 N–H and O–H groups in total. The van der Waals surface area contributed by atoms with E-state index in [2.05, 4.69) is 9.97 Å². The van der Waals surface area contributed by atoms with E-state index >= 15 is 0 Å². The molecule has 18 heavy (non-hydrogen) atoms. The van der Waals surface area contributed by atoms with Crippen molar-refractivity contribution in [1.82, 2.24) is 9.97 Å². The lowest BCUT2D eigenvalue weighted by Gasteiger charge is -2.08. The normalized spacial score (nSPS) is 14.3. The molecule has 1 aliphatic heterocycles. The van der Waals surface area contributed by atoms with Gasteiger partial charge >= 0.3 is 5.69 Å². The van der Waals surface area contributed by atoms with Crippen molar-refractivity contribution in [2.24, 2.45) is 0 Å². The Morgan fingerprint density at radius 2 is 1.89 bits per heavy atom. The fraction of sp³-hybridized carbons (Fsp3) is 0.308. The molecule has 2 heterocycles. The zero-order valence-corrected chi connectivity index (χ0v) is 10.1. The molecule has 1 aromatic heterocycles. The second-order valence-corrected chi connectivity index (χ2v) is 4.29. The lowest BCUT2D eigenvalue weighted by atomic mass is 10.1. The van der Waals surface area contributed by atoms with Crippen LogP contribution in [0.15, 0.2) is 23.0 Å². The first-order valence-corrected chi connectivity index (χ1v) is 5.93. The summed E-state index contributed by atoms with van der Waals surface area (Å²) in [6.45, 7) is 3.18. The van der Waals surface area contributed by atoms with Crippen molar-refractivity contribution in [3.05, 3.63) is 34.4 Å². The van der Waals surface area contributed by atoms with Gasteiger partial charge in [-0.2, -0.15) is 0 Å². The second-order valence-electron chi connectivity index (χ2n) is 4.29. The van der Waals surface area contributed by atoms with Crippen LogP contribution in [0.1, 0.15) is 12.1 Å². The maximum Gasteiger partial charge on any atom is 0.323 e. The molecule has 0 fully saturated rings. The molecule has 1 aromatic carbocycles. The number of hydrogen-bond donors (Lipinski definition) is 2. The predicted molar refractivity (Wildman–Crippen MR) is 67.2 cm³/mol. The molecule has 0 bridgehead atoms. The van der Waals surface area contributed by atoms with Crippen molar-refractivity contribution in [2.75, 3.05) is 13.2 Å². The number of ether oxygens (including phenoxy) is 2. The Balaban J connectivity index is 2.06. The summed E-state index contributed by atoms with van der Waals surface area (Å²) in [6, 6.07) is 5.69. The van der Waals surface area contributed by atoms with Crippen LogP contribution in [0.4, 0.5) is 0 Å². The molecule has 0 saturated heterocycles. The van der Waals surface area contributed by atoms with Crippen LogP contribution < -0.4 is 15.2 Å². The average Bonchev–Trinajstić information content (AvgIpc) is 2.58. The first-order valence-electron chi connectivity index (χ1n) is 5.93. The summed E-state index contributed by atoms with van der Waals surface area (Å²) in [6.07, 6.45) is 0.879. The maximum absolute atomic E-state index is 11.3. The topological polar surface area (TPSA) is 67.1 Å². The standard InChI is InChI=1S/C13H14N2O3/c1-8-12(15-13(16)14-8)9-3-4-10-11(7-9)18-6-2-5-17-10/h3-4,7H,2,5-6H2,1H3,(H2,14,15,16). The monoisotopic (exact) mass is 246 g/mol. The van der Waals surface area contributed by atoms with Gasteiger partial charge in [-0.15, -0.1) is 0 Å². The Morgan fingerprint density at radius 3 is 2.61 bits per heavy atom. The molecular weight excluding hydrogens is 232 g/mol. The zero-order chi connectivity index (χ0) is 12.5. The number of benzene rings is 1. The van der Waals surface area contributed by atoms with Crippen LogP contribution in [0.5, 0.6) is 11.5 Å². The van der Waals surface area contributed by atoms with Gasteiger partial charge in [0.25, 0.3) is 0 Å². The Labute approximate surface area is 104 Å². The van der Waals surface area contributed by atoms with Gasteiger partial charge in [-0.25, -0.2) is 4.79 Å². The second kappa shape index (κ2) is 4.25. The molecule has 5 heteroatoms. The van der Waals surface area contributed by atoms with Crippen LogP contribution in [0.2, 0.25) is 0 Å². The summed E-state index contributed by atoms with van der Waals surface area (Å²) in [5.41, 5.74) is 2.31.